The average molecular weight is 318 g/mol. The van der Waals surface area contributed by atoms with Gasteiger partial charge in [0.1, 0.15) is 0 Å². The number of hydrogen-bond acceptors (Lipinski definition) is 4. The second kappa shape index (κ2) is 8.41. The molecule has 0 aromatic heterocycles. The first kappa shape index (κ1) is 16.3. The van der Waals surface area contributed by atoms with Crippen molar-refractivity contribution in [3.8, 4) is 0 Å². The van der Waals surface area contributed by atoms with E-state index in [0.29, 0.717) is 6.54 Å². The zero-order chi connectivity index (χ0) is 15.8. The number of benzene rings is 2. The van der Waals surface area contributed by atoms with Crippen molar-refractivity contribution in [3.63, 3.8) is 0 Å². The quantitative estimate of drug-likeness (QED) is 0.416. The lowest BCUT2D eigenvalue weighted by molar-refractivity contribution is 0.211. The van der Waals surface area contributed by atoms with Gasteiger partial charge < -0.3 is 10.4 Å². The highest BCUT2D eigenvalue weighted by Crippen LogP contribution is 2.16. The Morgan fingerprint density at radius 2 is 1.82 bits per heavy atom. The number of nitrogens with one attached hydrogen (secondary N) is 2. The molecule has 0 heterocycles. The van der Waals surface area contributed by atoms with Gasteiger partial charge in [-0.2, -0.15) is 5.10 Å². The van der Waals surface area contributed by atoms with E-state index < -0.39 is 6.10 Å². The van der Waals surface area contributed by atoms with Crippen LogP contribution in [0.25, 0.3) is 0 Å². The van der Waals surface area contributed by atoms with Crippen molar-refractivity contribution in [2.45, 2.75) is 13.0 Å². The first-order chi connectivity index (χ1) is 10.7. The molecule has 4 nitrogen and oxygen atoms in total. The lowest BCUT2D eigenvalue weighted by Crippen LogP contribution is -2.21. The summed E-state index contributed by atoms with van der Waals surface area (Å²) in [5, 5.41) is 17.2. The van der Waals surface area contributed by atoms with Crippen LogP contribution < -0.4 is 10.7 Å². The zero-order valence-electron chi connectivity index (χ0n) is 12.5. The smallest absolute Gasteiger partial charge is 0.0847 e. The summed E-state index contributed by atoms with van der Waals surface area (Å²) < 4.78 is 0. The van der Waals surface area contributed by atoms with E-state index in [4.69, 9.17) is 11.6 Å². The van der Waals surface area contributed by atoms with Crippen LogP contribution in [-0.2, 0) is 0 Å². The molecule has 22 heavy (non-hydrogen) atoms. The number of nitrogens with zero attached hydrogens (tertiary/aromatic N) is 1. The SMILES string of the molecule is CC(=NNc1ccccc1)c1ccccc1NCC(O)CCl. The van der Waals surface area contributed by atoms with Gasteiger partial charge in [-0.1, -0.05) is 36.4 Å². The molecule has 0 spiro atoms. The topological polar surface area (TPSA) is 56.7 Å². The molecule has 0 amide bonds. The number of anilines is 2. The Bertz CT molecular complexity index is 616. The number of rotatable bonds is 7. The molecule has 0 saturated carbocycles. The summed E-state index contributed by atoms with van der Waals surface area (Å²) in [6.45, 7) is 2.34. The third-order valence-electron chi connectivity index (χ3n) is 3.15. The summed E-state index contributed by atoms with van der Waals surface area (Å²) in [7, 11) is 0. The average Bonchev–Trinajstić information content (AvgIpc) is 2.58. The highest BCUT2D eigenvalue weighted by atomic mass is 35.5. The molecular formula is C17H20ClN3O. The molecule has 2 rings (SSSR count). The van der Waals surface area contributed by atoms with Crippen molar-refractivity contribution in [1.29, 1.82) is 0 Å². The van der Waals surface area contributed by atoms with Gasteiger partial charge in [0.15, 0.2) is 0 Å². The number of aliphatic hydroxyl groups excluding tert-OH is 1. The number of para-hydroxylation sites is 2. The lowest BCUT2D eigenvalue weighted by atomic mass is 10.1. The summed E-state index contributed by atoms with van der Waals surface area (Å²) in [5.41, 5.74) is 6.72. The summed E-state index contributed by atoms with van der Waals surface area (Å²) in [6, 6.07) is 17.6. The standard InChI is InChI=1S/C17H20ClN3O/c1-13(20-21-14-7-3-2-4-8-14)16-9-5-6-10-17(16)19-12-15(22)11-18/h2-10,15,19,21-22H,11-12H2,1H3. The number of halogens is 1. The zero-order valence-corrected chi connectivity index (χ0v) is 13.2. The van der Waals surface area contributed by atoms with Gasteiger partial charge in [0.25, 0.3) is 0 Å². The summed E-state index contributed by atoms with van der Waals surface area (Å²) in [4.78, 5) is 0. The van der Waals surface area contributed by atoms with E-state index in [1.54, 1.807) is 0 Å². The number of hydrogen-bond donors (Lipinski definition) is 3. The largest absolute Gasteiger partial charge is 0.390 e. The molecule has 0 saturated heterocycles. The minimum atomic E-state index is -0.575. The van der Waals surface area contributed by atoms with Crippen molar-refractivity contribution < 1.29 is 5.11 Å². The molecule has 5 heteroatoms. The van der Waals surface area contributed by atoms with Crippen LogP contribution in [-0.4, -0.2) is 29.3 Å². The van der Waals surface area contributed by atoms with E-state index in [9.17, 15) is 5.11 Å². The van der Waals surface area contributed by atoms with E-state index in [1.807, 2.05) is 61.5 Å². The highest BCUT2D eigenvalue weighted by Gasteiger charge is 2.07. The molecule has 1 unspecified atom stereocenters. The first-order valence-electron chi connectivity index (χ1n) is 7.13. The van der Waals surface area contributed by atoms with Gasteiger partial charge in [-0.25, -0.2) is 0 Å². The van der Waals surface area contributed by atoms with E-state index >= 15 is 0 Å². The molecular weight excluding hydrogens is 298 g/mol. The second-order valence-electron chi connectivity index (χ2n) is 4.91. The van der Waals surface area contributed by atoms with Gasteiger partial charge in [0.2, 0.25) is 0 Å². The van der Waals surface area contributed by atoms with Crippen molar-refractivity contribution in [2.24, 2.45) is 5.10 Å². The van der Waals surface area contributed by atoms with Gasteiger partial charge in [-0.3, -0.25) is 5.43 Å². The molecule has 2 aromatic carbocycles. The van der Waals surface area contributed by atoms with Crippen molar-refractivity contribution in [2.75, 3.05) is 23.2 Å². The van der Waals surface area contributed by atoms with Crippen LogP contribution in [0, 0.1) is 0 Å². The minimum absolute atomic E-state index is 0.206. The van der Waals surface area contributed by atoms with Gasteiger partial charge in [-0.15, -0.1) is 11.6 Å². The predicted octanol–water partition coefficient (Wildman–Crippen LogP) is 3.53. The Kier molecular flexibility index (Phi) is 6.25. The van der Waals surface area contributed by atoms with Crippen LogP contribution in [0.2, 0.25) is 0 Å². The second-order valence-corrected chi connectivity index (χ2v) is 5.22. The summed E-state index contributed by atoms with van der Waals surface area (Å²) in [5.74, 6) is 0.206. The Balaban J connectivity index is 2.10. The minimum Gasteiger partial charge on any atom is -0.390 e. The Hall–Kier alpha value is -2.04. The van der Waals surface area contributed by atoms with Crippen LogP contribution >= 0.6 is 11.6 Å². The van der Waals surface area contributed by atoms with Crippen molar-refractivity contribution in [3.05, 3.63) is 60.2 Å². The van der Waals surface area contributed by atoms with Crippen LogP contribution in [0.5, 0.6) is 0 Å². The van der Waals surface area contributed by atoms with Gasteiger partial charge in [0, 0.05) is 17.8 Å². The van der Waals surface area contributed by atoms with Gasteiger partial charge in [0.05, 0.1) is 23.4 Å². The van der Waals surface area contributed by atoms with Crippen LogP contribution in [0.15, 0.2) is 59.7 Å². The maximum atomic E-state index is 9.56. The van der Waals surface area contributed by atoms with E-state index in [-0.39, 0.29) is 5.88 Å². The first-order valence-corrected chi connectivity index (χ1v) is 7.67. The molecule has 0 aliphatic rings. The molecule has 2 aromatic rings. The maximum absolute atomic E-state index is 9.56. The number of hydrazone groups is 1. The van der Waals surface area contributed by atoms with Crippen molar-refractivity contribution >= 4 is 28.7 Å². The molecule has 116 valence electrons. The fourth-order valence-electron chi connectivity index (χ4n) is 1.96. The van der Waals surface area contributed by atoms with Gasteiger partial charge in [-0.05, 0) is 25.1 Å². The number of alkyl halides is 1. The third-order valence-corrected chi connectivity index (χ3v) is 3.51. The van der Waals surface area contributed by atoms with E-state index in [2.05, 4.69) is 15.8 Å². The Morgan fingerprint density at radius 3 is 2.55 bits per heavy atom. The predicted molar refractivity (Wildman–Crippen MR) is 93.9 cm³/mol. The van der Waals surface area contributed by atoms with E-state index in [0.717, 1.165) is 22.6 Å². The third kappa shape index (κ3) is 4.76. The lowest BCUT2D eigenvalue weighted by Gasteiger charge is -2.14. The summed E-state index contributed by atoms with van der Waals surface area (Å²) in [6.07, 6.45) is -0.575. The molecule has 0 fully saturated rings. The fourth-order valence-corrected chi connectivity index (χ4v) is 2.07. The molecule has 1 atom stereocenters. The van der Waals surface area contributed by atoms with E-state index in [1.165, 1.54) is 0 Å². The molecule has 0 radical (unpaired) electrons. The highest BCUT2D eigenvalue weighted by molar-refractivity contribution is 6.18. The molecule has 3 N–H and O–H groups in total. The fraction of sp³-hybridized carbons (Fsp3) is 0.235. The Labute approximate surface area is 135 Å². The van der Waals surface area contributed by atoms with Gasteiger partial charge >= 0.3 is 0 Å². The molecule has 0 aliphatic heterocycles. The van der Waals surface area contributed by atoms with Crippen molar-refractivity contribution in [1.82, 2.24) is 0 Å². The van der Waals surface area contributed by atoms with Crippen LogP contribution in [0.3, 0.4) is 0 Å². The summed E-state index contributed by atoms with van der Waals surface area (Å²) >= 11 is 5.61. The monoisotopic (exact) mass is 317 g/mol. The molecule has 0 aliphatic carbocycles. The van der Waals surface area contributed by atoms with Crippen LogP contribution in [0.4, 0.5) is 11.4 Å². The normalized spacial score (nSPS) is 12.8. The van der Waals surface area contributed by atoms with Crippen LogP contribution in [0.1, 0.15) is 12.5 Å². The maximum Gasteiger partial charge on any atom is 0.0847 e. The number of aliphatic hydroxyl groups is 1. The Morgan fingerprint density at radius 1 is 1.14 bits per heavy atom. The molecule has 0 bridgehead atoms.